The van der Waals surface area contributed by atoms with Crippen LogP contribution >= 0.6 is 0 Å². The van der Waals surface area contributed by atoms with E-state index in [1.807, 2.05) is 0 Å². The molecule has 5 heteroatoms. The van der Waals surface area contributed by atoms with Gasteiger partial charge in [0.25, 0.3) is 0 Å². The average Bonchev–Trinajstić information content (AvgIpc) is 2.01. The van der Waals surface area contributed by atoms with E-state index < -0.39 is 17.6 Å². The lowest BCUT2D eigenvalue weighted by atomic mass is 9.94. The number of ether oxygens (including phenoxy) is 1. The smallest absolute Gasteiger partial charge is 0.326 e. The zero-order valence-electron chi connectivity index (χ0n) is 8.16. The van der Waals surface area contributed by atoms with Crippen molar-refractivity contribution in [2.24, 2.45) is 11.5 Å². The van der Waals surface area contributed by atoms with E-state index in [0.717, 1.165) is 0 Å². The molecule has 0 aromatic heterocycles. The van der Waals surface area contributed by atoms with Gasteiger partial charge in [0.05, 0.1) is 13.2 Å². The Balaban J connectivity index is 4.33. The molecule has 0 amide bonds. The Kier molecular flexibility index (Phi) is 4.03. The number of Topliss-reactive ketones (excluding diaryl/α,β-unsaturated/α-hetero) is 1. The first-order valence-corrected chi connectivity index (χ1v) is 3.97. The minimum Gasteiger partial charge on any atom is -0.468 e. The van der Waals surface area contributed by atoms with Crippen LogP contribution in [0, 0.1) is 0 Å². The van der Waals surface area contributed by atoms with Gasteiger partial charge in [0, 0.05) is 6.42 Å². The van der Waals surface area contributed by atoms with E-state index in [1.165, 1.54) is 14.0 Å². The molecule has 0 rings (SSSR count). The van der Waals surface area contributed by atoms with Crippen LogP contribution in [0.15, 0.2) is 0 Å². The van der Waals surface area contributed by atoms with Crippen molar-refractivity contribution in [1.29, 1.82) is 0 Å². The highest BCUT2D eigenvalue weighted by molar-refractivity contribution is 5.91. The highest BCUT2D eigenvalue weighted by Gasteiger charge is 2.32. The van der Waals surface area contributed by atoms with E-state index in [1.54, 1.807) is 6.92 Å². The molecule has 1 unspecified atom stereocenters. The van der Waals surface area contributed by atoms with Crippen LogP contribution in [0.3, 0.4) is 0 Å². The number of hydrogen-bond acceptors (Lipinski definition) is 5. The van der Waals surface area contributed by atoms with Crippen molar-refractivity contribution in [2.75, 3.05) is 7.11 Å². The molecule has 0 aliphatic heterocycles. The third-order valence-corrected chi connectivity index (χ3v) is 1.70. The highest BCUT2D eigenvalue weighted by atomic mass is 16.5. The first-order chi connectivity index (χ1) is 5.81. The van der Waals surface area contributed by atoms with Crippen LogP contribution in [0.25, 0.3) is 0 Å². The highest BCUT2D eigenvalue weighted by Crippen LogP contribution is 2.09. The van der Waals surface area contributed by atoms with Gasteiger partial charge < -0.3 is 16.2 Å². The summed E-state index contributed by atoms with van der Waals surface area (Å²) in [7, 11) is 1.23. The van der Waals surface area contributed by atoms with Crippen molar-refractivity contribution < 1.29 is 14.3 Å². The second kappa shape index (κ2) is 4.34. The van der Waals surface area contributed by atoms with Crippen LogP contribution in [0.4, 0.5) is 0 Å². The number of nitrogens with two attached hydrogens (primary N) is 2. The molecule has 0 bridgehead atoms. The standard InChI is InChI=1S/C8H16N2O3/c1-5(9)6(11)4-8(2,10)7(12)13-3/h5H,4,9-10H2,1-3H3/t5-,8?/m0/s1. The zero-order chi connectivity index (χ0) is 10.6. The molecular formula is C8H16N2O3. The minimum atomic E-state index is -1.28. The van der Waals surface area contributed by atoms with Crippen molar-refractivity contribution in [3.05, 3.63) is 0 Å². The molecule has 0 saturated heterocycles. The summed E-state index contributed by atoms with van der Waals surface area (Å²) in [5.74, 6) is -0.864. The number of rotatable bonds is 4. The fourth-order valence-corrected chi connectivity index (χ4v) is 0.828. The summed E-state index contributed by atoms with van der Waals surface area (Å²) in [5.41, 5.74) is 9.61. The van der Waals surface area contributed by atoms with Crippen LogP contribution in [0.1, 0.15) is 20.3 Å². The zero-order valence-corrected chi connectivity index (χ0v) is 8.16. The Hall–Kier alpha value is -0.940. The molecule has 76 valence electrons. The fraction of sp³-hybridized carbons (Fsp3) is 0.750. The molecule has 0 radical (unpaired) electrons. The number of methoxy groups -OCH3 is 1. The Morgan fingerprint density at radius 3 is 2.31 bits per heavy atom. The van der Waals surface area contributed by atoms with Gasteiger partial charge in [-0.25, -0.2) is 0 Å². The summed E-state index contributed by atoms with van der Waals surface area (Å²) in [6, 6.07) is -0.604. The molecule has 0 aliphatic carbocycles. The van der Waals surface area contributed by atoms with E-state index in [9.17, 15) is 9.59 Å². The predicted molar refractivity (Wildman–Crippen MR) is 47.9 cm³/mol. The summed E-state index contributed by atoms with van der Waals surface area (Å²) in [5, 5.41) is 0. The first-order valence-electron chi connectivity index (χ1n) is 3.97. The lowest BCUT2D eigenvalue weighted by molar-refractivity contribution is -0.148. The van der Waals surface area contributed by atoms with Gasteiger partial charge >= 0.3 is 5.97 Å². The normalized spacial score (nSPS) is 17.3. The largest absolute Gasteiger partial charge is 0.468 e. The van der Waals surface area contributed by atoms with E-state index >= 15 is 0 Å². The van der Waals surface area contributed by atoms with Crippen LogP contribution in [0.5, 0.6) is 0 Å². The number of esters is 1. The second-order valence-corrected chi connectivity index (χ2v) is 3.34. The van der Waals surface area contributed by atoms with Gasteiger partial charge in [0.2, 0.25) is 0 Å². The molecule has 4 N–H and O–H groups in total. The quantitative estimate of drug-likeness (QED) is 0.562. The topological polar surface area (TPSA) is 95.4 Å². The van der Waals surface area contributed by atoms with Crippen LogP contribution in [-0.2, 0) is 14.3 Å². The molecule has 0 saturated carbocycles. The van der Waals surface area contributed by atoms with E-state index in [0.29, 0.717) is 0 Å². The van der Waals surface area contributed by atoms with Crippen molar-refractivity contribution >= 4 is 11.8 Å². The number of hydrogen-bond donors (Lipinski definition) is 2. The van der Waals surface area contributed by atoms with E-state index in [-0.39, 0.29) is 12.2 Å². The molecular weight excluding hydrogens is 172 g/mol. The molecule has 0 spiro atoms. The van der Waals surface area contributed by atoms with Gasteiger partial charge in [-0.2, -0.15) is 0 Å². The van der Waals surface area contributed by atoms with Gasteiger partial charge in [-0.05, 0) is 13.8 Å². The Morgan fingerprint density at radius 1 is 1.54 bits per heavy atom. The molecule has 0 aromatic rings. The molecule has 0 heterocycles. The van der Waals surface area contributed by atoms with Crippen LogP contribution < -0.4 is 11.5 Å². The second-order valence-electron chi connectivity index (χ2n) is 3.34. The van der Waals surface area contributed by atoms with Crippen molar-refractivity contribution in [3.8, 4) is 0 Å². The summed E-state index contributed by atoms with van der Waals surface area (Å²) >= 11 is 0. The van der Waals surface area contributed by atoms with Gasteiger partial charge in [0.15, 0.2) is 5.78 Å². The SMILES string of the molecule is COC(=O)C(C)(N)CC(=O)[C@H](C)N. The Labute approximate surface area is 77.4 Å². The molecule has 0 fully saturated rings. The fourth-order valence-electron chi connectivity index (χ4n) is 0.828. The minimum absolute atomic E-state index is 0.0999. The van der Waals surface area contributed by atoms with E-state index in [4.69, 9.17) is 11.5 Å². The molecule has 2 atom stereocenters. The van der Waals surface area contributed by atoms with Gasteiger partial charge in [-0.3, -0.25) is 9.59 Å². The predicted octanol–water partition coefficient (Wildman–Crippen LogP) is -0.817. The van der Waals surface area contributed by atoms with Crippen molar-refractivity contribution in [3.63, 3.8) is 0 Å². The molecule has 0 aromatic carbocycles. The molecule has 13 heavy (non-hydrogen) atoms. The Morgan fingerprint density at radius 2 is 2.00 bits per heavy atom. The average molecular weight is 188 g/mol. The van der Waals surface area contributed by atoms with Gasteiger partial charge in [0.1, 0.15) is 5.54 Å². The maximum Gasteiger partial charge on any atom is 0.326 e. The first kappa shape index (κ1) is 12.1. The lowest BCUT2D eigenvalue weighted by Crippen LogP contribution is -2.49. The number of ketones is 1. The van der Waals surface area contributed by atoms with Gasteiger partial charge in [-0.15, -0.1) is 0 Å². The Bertz CT molecular complexity index is 211. The van der Waals surface area contributed by atoms with Crippen LogP contribution in [-0.4, -0.2) is 30.4 Å². The summed E-state index contributed by atoms with van der Waals surface area (Å²) in [6.07, 6.45) is -0.0999. The molecule has 0 aliphatic rings. The lowest BCUT2D eigenvalue weighted by Gasteiger charge is -2.21. The maximum atomic E-state index is 11.2. The maximum absolute atomic E-state index is 11.2. The van der Waals surface area contributed by atoms with E-state index in [2.05, 4.69) is 4.74 Å². The van der Waals surface area contributed by atoms with Crippen molar-refractivity contribution in [2.45, 2.75) is 31.8 Å². The summed E-state index contributed by atoms with van der Waals surface area (Å²) in [4.78, 5) is 22.2. The third-order valence-electron chi connectivity index (χ3n) is 1.70. The van der Waals surface area contributed by atoms with Gasteiger partial charge in [-0.1, -0.05) is 0 Å². The molecule has 5 nitrogen and oxygen atoms in total. The van der Waals surface area contributed by atoms with Crippen LogP contribution in [0.2, 0.25) is 0 Å². The van der Waals surface area contributed by atoms with Crippen molar-refractivity contribution in [1.82, 2.24) is 0 Å². The number of carbonyl (C=O) groups is 2. The summed E-state index contributed by atoms with van der Waals surface area (Å²) < 4.78 is 4.44. The number of carbonyl (C=O) groups excluding carboxylic acids is 2. The third kappa shape index (κ3) is 3.52. The summed E-state index contributed by atoms with van der Waals surface area (Å²) in [6.45, 7) is 2.99. The monoisotopic (exact) mass is 188 g/mol.